The Bertz CT molecular complexity index is 512. The smallest absolute Gasteiger partial charge is 0.330 e. The van der Waals surface area contributed by atoms with Crippen molar-refractivity contribution in [1.29, 1.82) is 0 Å². The van der Waals surface area contributed by atoms with Gasteiger partial charge in [-0.1, -0.05) is 6.92 Å². The first-order chi connectivity index (χ1) is 8.04. The number of alkyl halides is 1. The van der Waals surface area contributed by atoms with Crippen molar-refractivity contribution in [2.45, 2.75) is 25.4 Å². The van der Waals surface area contributed by atoms with E-state index in [4.69, 9.17) is 9.84 Å². The quantitative estimate of drug-likeness (QED) is 0.727. The molecule has 0 bridgehead atoms. The molecule has 4 atom stereocenters. The maximum atomic E-state index is 13.9. The summed E-state index contributed by atoms with van der Waals surface area (Å²) in [6, 6.07) is 1.12. The van der Waals surface area contributed by atoms with Gasteiger partial charge in [-0.3, -0.25) is 14.3 Å². The zero-order valence-electron chi connectivity index (χ0n) is 9.17. The number of hydrogen-bond acceptors (Lipinski definition) is 4. The second-order valence-electron chi connectivity index (χ2n) is 4.07. The number of ether oxygens (including phenoxy) is 1. The molecule has 2 N–H and O–H groups in total. The summed E-state index contributed by atoms with van der Waals surface area (Å²) in [5.74, 6) is -0.510. The van der Waals surface area contributed by atoms with Gasteiger partial charge >= 0.3 is 5.69 Å². The molecule has 17 heavy (non-hydrogen) atoms. The van der Waals surface area contributed by atoms with E-state index in [1.54, 1.807) is 6.92 Å². The van der Waals surface area contributed by atoms with Crippen molar-refractivity contribution >= 4 is 0 Å². The van der Waals surface area contributed by atoms with E-state index >= 15 is 0 Å². The van der Waals surface area contributed by atoms with Gasteiger partial charge in [0.05, 0.1) is 12.7 Å². The topological polar surface area (TPSA) is 84.3 Å². The summed E-state index contributed by atoms with van der Waals surface area (Å²) in [7, 11) is 0. The third kappa shape index (κ3) is 2.03. The molecular formula is C10H13FN2O4. The number of aromatic amines is 1. The molecule has 2 heterocycles. The van der Waals surface area contributed by atoms with Crippen LogP contribution >= 0.6 is 0 Å². The number of aliphatic hydroxyl groups excluding tert-OH is 1. The van der Waals surface area contributed by atoms with Crippen molar-refractivity contribution in [3.63, 3.8) is 0 Å². The molecule has 1 fully saturated rings. The second-order valence-corrected chi connectivity index (χ2v) is 4.07. The molecule has 0 radical (unpaired) electrons. The number of aromatic nitrogens is 2. The Morgan fingerprint density at radius 3 is 2.82 bits per heavy atom. The van der Waals surface area contributed by atoms with E-state index in [0.717, 1.165) is 10.6 Å². The minimum absolute atomic E-state index is 0.309. The number of rotatable bonds is 2. The average molecular weight is 244 g/mol. The Hall–Kier alpha value is -1.47. The molecule has 2 rings (SSSR count). The van der Waals surface area contributed by atoms with E-state index in [1.807, 2.05) is 4.98 Å². The van der Waals surface area contributed by atoms with Crippen LogP contribution in [0.1, 0.15) is 13.2 Å². The number of H-pyrrole nitrogens is 1. The Balaban J connectivity index is 2.35. The summed E-state index contributed by atoms with van der Waals surface area (Å²) < 4.78 is 20.1. The van der Waals surface area contributed by atoms with E-state index < -0.39 is 35.7 Å². The third-order valence-electron chi connectivity index (χ3n) is 2.98. The minimum Gasteiger partial charge on any atom is -0.394 e. The lowest BCUT2D eigenvalue weighted by Gasteiger charge is -2.15. The first-order valence-corrected chi connectivity index (χ1v) is 5.26. The maximum absolute atomic E-state index is 13.9. The molecule has 0 amide bonds. The molecule has 1 aromatic rings. The maximum Gasteiger partial charge on any atom is 0.330 e. The summed E-state index contributed by atoms with van der Waals surface area (Å²) in [6.45, 7) is 1.29. The van der Waals surface area contributed by atoms with Crippen LogP contribution in [0.4, 0.5) is 4.39 Å². The largest absolute Gasteiger partial charge is 0.394 e. The lowest BCUT2D eigenvalue weighted by molar-refractivity contribution is -0.0419. The van der Waals surface area contributed by atoms with E-state index in [0.29, 0.717) is 0 Å². The number of nitrogens with zero attached hydrogens (tertiary/aromatic N) is 1. The van der Waals surface area contributed by atoms with Crippen LogP contribution in [0.15, 0.2) is 21.9 Å². The van der Waals surface area contributed by atoms with Crippen LogP contribution in [-0.2, 0) is 4.74 Å². The van der Waals surface area contributed by atoms with Crippen LogP contribution in [0, 0.1) is 5.92 Å². The van der Waals surface area contributed by atoms with Crippen molar-refractivity contribution < 1.29 is 14.2 Å². The highest BCUT2D eigenvalue weighted by Gasteiger charge is 2.43. The van der Waals surface area contributed by atoms with Crippen LogP contribution in [-0.4, -0.2) is 33.5 Å². The Morgan fingerprint density at radius 1 is 1.59 bits per heavy atom. The minimum atomic E-state index is -1.41. The number of halogens is 1. The highest BCUT2D eigenvalue weighted by atomic mass is 19.1. The van der Waals surface area contributed by atoms with Gasteiger partial charge in [0.15, 0.2) is 12.4 Å². The molecule has 0 aromatic carbocycles. The van der Waals surface area contributed by atoms with Gasteiger partial charge in [-0.05, 0) is 0 Å². The number of aliphatic hydroxyl groups is 1. The fraction of sp³-hybridized carbons (Fsp3) is 0.600. The lowest BCUT2D eigenvalue weighted by Crippen LogP contribution is -2.34. The molecule has 6 nitrogen and oxygen atoms in total. The summed E-state index contributed by atoms with van der Waals surface area (Å²) in [6.07, 6.45) is -1.97. The molecule has 1 aliphatic heterocycles. The molecule has 1 aliphatic rings. The normalized spacial score (nSPS) is 32.9. The Kier molecular flexibility index (Phi) is 3.12. The van der Waals surface area contributed by atoms with Gasteiger partial charge in [0.25, 0.3) is 5.56 Å². The van der Waals surface area contributed by atoms with Crippen LogP contribution in [0.5, 0.6) is 0 Å². The summed E-state index contributed by atoms with van der Waals surface area (Å²) in [5, 5.41) is 9.00. The summed E-state index contributed by atoms with van der Waals surface area (Å²) in [5.41, 5.74) is -1.28. The molecule has 1 unspecified atom stereocenters. The summed E-state index contributed by atoms with van der Waals surface area (Å²) in [4.78, 5) is 24.4. The molecule has 0 saturated carbocycles. The van der Waals surface area contributed by atoms with Gasteiger partial charge in [0.2, 0.25) is 0 Å². The second kappa shape index (κ2) is 4.42. The standard InChI is InChI=1S/C10H13FN2O4/c1-5-6(4-14)17-9(8(5)11)13-3-2-7(15)12-10(13)16/h2-3,5-6,8-9,14H,4H2,1H3,(H,12,15,16)/t5?,6-,8-,9-/m1/s1. The highest BCUT2D eigenvalue weighted by molar-refractivity contribution is 4.91. The molecular weight excluding hydrogens is 231 g/mol. The Labute approximate surface area is 95.7 Å². The molecule has 7 heteroatoms. The Morgan fingerprint density at radius 2 is 2.29 bits per heavy atom. The summed E-state index contributed by atoms with van der Waals surface area (Å²) >= 11 is 0. The third-order valence-corrected chi connectivity index (χ3v) is 2.98. The average Bonchev–Trinajstić information content (AvgIpc) is 2.57. The van der Waals surface area contributed by atoms with Gasteiger partial charge in [0, 0.05) is 18.2 Å². The fourth-order valence-corrected chi connectivity index (χ4v) is 1.90. The van der Waals surface area contributed by atoms with E-state index in [9.17, 15) is 14.0 Å². The van der Waals surface area contributed by atoms with Crippen molar-refractivity contribution in [3.8, 4) is 0 Å². The molecule has 0 spiro atoms. The van der Waals surface area contributed by atoms with Gasteiger partial charge in [-0.2, -0.15) is 0 Å². The van der Waals surface area contributed by atoms with E-state index in [2.05, 4.69) is 0 Å². The first-order valence-electron chi connectivity index (χ1n) is 5.26. The zero-order chi connectivity index (χ0) is 12.6. The van der Waals surface area contributed by atoms with Gasteiger partial charge in [0.1, 0.15) is 0 Å². The molecule has 0 aliphatic carbocycles. The number of nitrogens with one attached hydrogen (secondary N) is 1. The van der Waals surface area contributed by atoms with Crippen LogP contribution in [0.3, 0.4) is 0 Å². The zero-order valence-corrected chi connectivity index (χ0v) is 9.17. The lowest BCUT2D eigenvalue weighted by atomic mass is 10.0. The molecule has 1 aromatic heterocycles. The molecule has 94 valence electrons. The van der Waals surface area contributed by atoms with Crippen molar-refractivity contribution in [2.24, 2.45) is 5.92 Å². The van der Waals surface area contributed by atoms with Crippen molar-refractivity contribution in [3.05, 3.63) is 33.1 Å². The SMILES string of the molecule is CC1[C@@H](F)[C@H](n2ccc(=O)[nH]c2=O)O[C@@H]1CO. The fourth-order valence-electron chi connectivity index (χ4n) is 1.90. The predicted molar refractivity (Wildman–Crippen MR) is 56.4 cm³/mol. The monoisotopic (exact) mass is 244 g/mol. The number of hydrogen-bond donors (Lipinski definition) is 2. The van der Waals surface area contributed by atoms with Gasteiger partial charge < -0.3 is 9.84 Å². The highest BCUT2D eigenvalue weighted by Crippen LogP contribution is 2.34. The van der Waals surface area contributed by atoms with E-state index in [-0.39, 0.29) is 6.61 Å². The van der Waals surface area contributed by atoms with Gasteiger partial charge in [-0.15, -0.1) is 0 Å². The van der Waals surface area contributed by atoms with Gasteiger partial charge in [-0.25, -0.2) is 9.18 Å². The van der Waals surface area contributed by atoms with Crippen LogP contribution < -0.4 is 11.2 Å². The van der Waals surface area contributed by atoms with Crippen LogP contribution in [0.2, 0.25) is 0 Å². The molecule has 1 saturated heterocycles. The van der Waals surface area contributed by atoms with Crippen molar-refractivity contribution in [1.82, 2.24) is 9.55 Å². The van der Waals surface area contributed by atoms with Crippen LogP contribution in [0.25, 0.3) is 0 Å². The van der Waals surface area contributed by atoms with Crippen molar-refractivity contribution in [2.75, 3.05) is 6.61 Å². The first kappa shape index (κ1) is 12.0. The predicted octanol–water partition coefficient (Wildman–Crippen LogP) is -0.600. The van der Waals surface area contributed by atoms with E-state index in [1.165, 1.54) is 6.20 Å².